The van der Waals surface area contributed by atoms with Crippen LogP contribution in [0.4, 0.5) is 0 Å². The minimum Gasteiger partial charge on any atom is -0.468 e. The zero-order valence-electron chi connectivity index (χ0n) is 8.79. The number of carbonyl (C=O) groups excluding carboxylic acids is 1. The van der Waals surface area contributed by atoms with Gasteiger partial charge in [0.15, 0.2) is 0 Å². The molecule has 0 saturated heterocycles. The van der Waals surface area contributed by atoms with E-state index in [0.717, 1.165) is 5.56 Å². The maximum absolute atomic E-state index is 11.1. The summed E-state index contributed by atoms with van der Waals surface area (Å²) in [5, 5.41) is 3.73. The molecule has 0 bridgehead atoms. The quantitative estimate of drug-likeness (QED) is 0.800. The third-order valence-corrected chi connectivity index (χ3v) is 2.48. The van der Waals surface area contributed by atoms with Gasteiger partial charge in [0, 0.05) is 11.6 Å². The third-order valence-electron chi connectivity index (χ3n) is 2.11. The molecule has 0 aromatic heterocycles. The van der Waals surface area contributed by atoms with Crippen LogP contribution in [-0.2, 0) is 16.1 Å². The molecule has 1 N–H and O–H groups in total. The van der Waals surface area contributed by atoms with Crippen molar-refractivity contribution in [3.63, 3.8) is 0 Å². The first-order chi connectivity index (χ1) is 7.15. The van der Waals surface area contributed by atoms with Gasteiger partial charge in [-0.15, -0.1) is 0 Å². The normalized spacial score (nSPS) is 12.2. The zero-order chi connectivity index (χ0) is 11.3. The van der Waals surface area contributed by atoms with E-state index < -0.39 is 0 Å². The Labute approximate surface area is 94.4 Å². The highest BCUT2D eigenvalue weighted by atomic mass is 35.5. The van der Waals surface area contributed by atoms with Crippen LogP contribution in [0.25, 0.3) is 0 Å². The van der Waals surface area contributed by atoms with E-state index in [-0.39, 0.29) is 12.0 Å². The van der Waals surface area contributed by atoms with E-state index in [4.69, 9.17) is 11.6 Å². The molecule has 0 aliphatic rings. The number of methoxy groups -OCH3 is 1. The van der Waals surface area contributed by atoms with Crippen molar-refractivity contribution in [3.8, 4) is 0 Å². The van der Waals surface area contributed by atoms with Crippen molar-refractivity contribution in [2.45, 2.75) is 19.5 Å². The van der Waals surface area contributed by atoms with Gasteiger partial charge in [-0.25, -0.2) is 0 Å². The number of ether oxygens (including phenoxy) is 1. The second-order valence-corrected chi connectivity index (χ2v) is 3.62. The Balaban J connectivity index is 2.50. The third kappa shape index (κ3) is 3.53. The van der Waals surface area contributed by atoms with Crippen LogP contribution in [0.2, 0.25) is 5.02 Å². The van der Waals surface area contributed by atoms with Crippen molar-refractivity contribution >= 4 is 17.6 Å². The zero-order valence-corrected chi connectivity index (χ0v) is 9.54. The van der Waals surface area contributed by atoms with Gasteiger partial charge in [-0.3, -0.25) is 4.79 Å². The van der Waals surface area contributed by atoms with Crippen molar-refractivity contribution in [2.24, 2.45) is 0 Å². The molecule has 1 unspecified atom stereocenters. The highest BCUT2D eigenvalue weighted by Gasteiger charge is 2.12. The number of esters is 1. The average Bonchev–Trinajstić information content (AvgIpc) is 2.26. The van der Waals surface area contributed by atoms with E-state index in [2.05, 4.69) is 10.1 Å². The maximum Gasteiger partial charge on any atom is 0.322 e. The summed E-state index contributed by atoms with van der Waals surface area (Å²) in [5.41, 5.74) is 0.968. The number of benzene rings is 1. The van der Waals surface area contributed by atoms with Crippen molar-refractivity contribution < 1.29 is 9.53 Å². The lowest BCUT2D eigenvalue weighted by atomic mass is 10.2. The van der Waals surface area contributed by atoms with E-state index in [1.165, 1.54) is 7.11 Å². The SMILES string of the molecule is COC(=O)C(C)NCc1ccccc1Cl. The molecule has 0 amide bonds. The van der Waals surface area contributed by atoms with E-state index in [1.807, 2.05) is 24.3 Å². The number of carbonyl (C=O) groups is 1. The fraction of sp³-hybridized carbons (Fsp3) is 0.364. The number of nitrogens with one attached hydrogen (secondary N) is 1. The first kappa shape index (κ1) is 12.0. The molecule has 3 nitrogen and oxygen atoms in total. The van der Waals surface area contributed by atoms with Crippen molar-refractivity contribution in [3.05, 3.63) is 34.9 Å². The molecule has 1 aromatic carbocycles. The molecule has 0 fully saturated rings. The molecule has 0 heterocycles. The Morgan fingerprint density at radius 2 is 2.20 bits per heavy atom. The smallest absolute Gasteiger partial charge is 0.322 e. The summed E-state index contributed by atoms with van der Waals surface area (Å²) in [7, 11) is 1.37. The summed E-state index contributed by atoms with van der Waals surface area (Å²) in [6.45, 7) is 2.30. The Morgan fingerprint density at radius 3 is 2.80 bits per heavy atom. The molecule has 4 heteroatoms. The van der Waals surface area contributed by atoms with E-state index in [9.17, 15) is 4.79 Å². The summed E-state index contributed by atoms with van der Waals surface area (Å²) < 4.78 is 4.60. The van der Waals surface area contributed by atoms with Crippen LogP contribution >= 0.6 is 11.6 Å². The second-order valence-electron chi connectivity index (χ2n) is 3.22. The largest absolute Gasteiger partial charge is 0.468 e. The first-order valence-corrected chi connectivity index (χ1v) is 5.07. The van der Waals surface area contributed by atoms with Crippen molar-refractivity contribution in [2.75, 3.05) is 7.11 Å². The lowest BCUT2D eigenvalue weighted by Crippen LogP contribution is -2.34. The number of hydrogen-bond donors (Lipinski definition) is 1. The van der Waals surface area contributed by atoms with Gasteiger partial charge in [0.05, 0.1) is 7.11 Å². The second kappa shape index (κ2) is 5.73. The van der Waals surface area contributed by atoms with Crippen LogP contribution in [0.3, 0.4) is 0 Å². The minimum atomic E-state index is -0.328. The predicted molar refractivity (Wildman–Crippen MR) is 59.8 cm³/mol. The van der Waals surface area contributed by atoms with Crippen LogP contribution in [0.5, 0.6) is 0 Å². The van der Waals surface area contributed by atoms with Gasteiger partial charge in [0.1, 0.15) is 6.04 Å². The highest BCUT2D eigenvalue weighted by molar-refractivity contribution is 6.31. The van der Waals surface area contributed by atoms with Crippen LogP contribution < -0.4 is 5.32 Å². The molecule has 0 aliphatic heterocycles. The van der Waals surface area contributed by atoms with Gasteiger partial charge in [-0.05, 0) is 18.6 Å². The fourth-order valence-electron chi connectivity index (χ4n) is 1.16. The van der Waals surface area contributed by atoms with Crippen LogP contribution in [0, 0.1) is 0 Å². The lowest BCUT2D eigenvalue weighted by Gasteiger charge is -2.11. The van der Waals surface area contributed by atoms with Crippen LogP contribution in [0.15, 0.2) is 24.3 Å². The van der Waals surface area contributed by atoms with Gasteiger partial charge in [0.25, 0.3) is 0 Å². The standard InChI is InChI=1S/C11H14ClNO2/c1-8(11(14)15-2)13-7-9-5-3-4-6-10(9)12/h3-6,8,13H,7H2,1-2H3. The average molecular weight is 228 g/mol. The lowest BCUT2D eigenvalue weighted by molar-refractivity contribution is -0.142. The highest BCUT2D eigenvalue weighted by Crippen LogP contribution is 2.14. The molecule has 0 saturated carbocycles. The van der Waals surface area contributed by atoms with Crippen molar-refractivity contribution in [1.82, 2.24) is 5.32 Å². The van der Waals surface area contributed by atoms with Gasteiger partial charge < -0.3 is 10.1 Å². The Bertz CT molecular complexity index is 341. The molecule has 0 spiro atoms. The van der Waals surface area contributed by atoms with Crippen LogP contribution in [-0.4, -0.2) is 19.1 Å². The molecule has 0 aliphatic carbocycles. The van der Waals surface area contributed by atoms with Gasteiger partial charge in [-0.2, -0.15) is 0 Å². The van der Waals surface area contributed by atoms with Gasteiger partial charge in [-0.1, -0.05) is 29.8 Å². The Morgan fingerprint density at radius 1 is 1.53 bits per heavy atom. The molecule has 0 radical (unpaired) electrons. The van der Waals surface area contributed by atoms with E-state index >= 15 is 0 Å². The summed E-state index contributed by atoms with van der Waals surface area (Å²) in [6, 6.07) is 7.19. The summed E-state index contributed by atoms with van der Waals surface area (Å²) in [5.74, 6) is -0.276. The first-order valence-electron chi connectivity index (χ1n) is 4.69. The molecular formula is C11H14ClNO2. The van der Waals surface area contributed by atoms with E-state index in [1.54, 1.807) is 6.92 Å². The molecule has 15 heavy (non-hydrogen) atoms. The molecular weight excluding hydrogens is 214 g/mol. The summed E-state index contributed by atoms with van der Waals surface area (Å²) in [4.78, 5) is 11.1. The number of rotatable bonds is 4. The number of halogens is 1. The monoisotopic (exact) mass is 227 g/mol. The molecule has 1 atom stereocenters. The molecule has 1 rings (SSSR count). The van der Waals surface area contributed by atoms with Gasteiger partial charge in [0.2, 0.25) is 0 Å². The topological polar surface area (TPSA) is 38.3 Å². The summed E-state index contributed by atoms with van der Waals surface area (Å²) >= 11 is 5.96. The Kier molecular flexibility index (Phi) is 4.59. The number of hydrogen-bond acceptors (Lipinski definition) is 3. The molecule has 82 valence electrons. The van der Waals surface area contributed by atoms with Crippen LogP contribution in [0.1, 0.15) is 12.5 Å². The fourth-order valence-corrected chi connectivity index (χ4v) is 1.37. The van der Waals surface area contributed by atoms with Crippen molar-refractivity contribution in [1.29, 1.82) is 0 Å². The molecule has 1 aromatic rings. The Hall–Kier alpha value is -1.06. The predicted octanol–water partition coefficient (Wildman–Crippen LogP) is 1.99. The van der Waals surface area contributed by atoms with Gasteiger partial charge >= 0.3 is 5.97 Å². The minimum absolute atomic E-state index is 0.276. The van der Waals surface area contributed by atoms with E-state index in [0.29, 0.717) is 11.6 Å². The maximum atomic E-state index is 11.1. The summed E-state index contributed by atoms with van der Waals surface area (Å²) in [6.07, 6.45) is 0.